The summed E-state index contributed by atoms with van der Waals surface area (Å²) in [6.45, 7) is 1.23. The van der Waals surface area contributed by atoms with Gasteiger partial charge in [0.1, 0.15) is 0 Å². The lowest BCUT2D eigenvalue weighted by Crippen LogP contribution is -2.10. The van der Waals surface area contributed by atoms with Gasteiger partial charge in [-0.2, -0.15) is 0 Å². The summed E-state index contributed by atoms with van der Waals surface area (Å²) in [6.07, 6.45) is -1.16. The van der Waals surface area contributed by atoms with Crippen LogP contribution in [0.3, 0.4) is 0 Å². The van der Waals surface area contributed by atoms with Gasteiger partial charge in [0.25, 0.3) is 0 Å². The lowest BCUT2D eigenvalue weighted by Gasteiger charge is -2.09. The molecule has 0 radical (unpaired) electrons. The molecule has 0 aliphatic rings. The summed E-state index contributed by atoms with van der Waals surface area (Å²) in [6, 6.07) is 2.38. The van der Waals surface area contributed by atoms with Crippen LogP contribution in [0.5, 0.6) is 0 Å². The van der Waals surface area contributed by atoms with Crippen LogP contribution in [0.4, 0.5) is 0 Å². The van der Waals surface area contributed by atoms with Gasteiger partial charge in [-0.3, -0.25) is 14.4 Å². The molecule has 0 spiro atoms. The quantitative estimate of drug-likeness (QED) is 0.553. The maximum absolute atomic E-state index is 11.4. The van der Waals surface area contributed by atoms with Gasteiger partial charge in [0.05, 0.1) is 16.4 Å². The van der Waals surface area contributed by atoms with Crippen LogP contribution in [-0.4, -0.2) is 27.9 Å². The molecular weight excluding hydrogens is 383 g/mol. The molecule has 0 saturated carbocycles. The number of hydrogen-bond acceptors (Lipinski definition) is 5. The average molecular weight is 394 g/mol. The molecule has 0 aliphatic carbocycles. The van der Waals surface area contributed by atoms with Crippen molar-refractivity contribution in [3.05, 3.63) is 32.4 Å². The first-order chi connectivity index (χ1) is 9.22. The highest BCUT2D eigenvalue weighted by Gasteiger charge is 2.20. The Kier molecular flexibility index (Phi) is 5.31. The van der Waals surface area contributed by atoms with E-state index in [1.165, 1.54) is 19.1 Å². The van der Waals surface area contributed by atoms with Crippen molar-refractivity contribution in [2.75, 3.05) is 0 Å². The number of ketones is 1. The van der Waals surface area contributed by atoms with E-state index in [0.717, 1.165) is 0 Å². The van der Waals surface area contributed by atoms with E-state index in [9.17, 15) is 20.5 Å². The van der Waals surface area contributed by atoms with E-state index in [-0.39, 0.29) is 20.3 Å². The molecule has 0 amide bonds. The fourth-order valence-electron chi connectivity index (χ4n) is 1.73. The molecule has 108 valence electrons. The standard InChI is InChI=1S/C12H11IO7/c1-6(14)7-2-8(4-10(15)16)12(13(19)20)9(3-7)5-11(17)18/h2-3H,4-5H2,1H3,(H,15,16)(H,17,18). The maximum Gasteiger partial charge on any atom is 0.341 e. The molecule has 0 unspecified atom stereocenters. The number of carbonyl (C=O) groups excluding carboxylic acids is 1. The second-order valence-corrected chi connectivity index (χ2v) is 6.34. The number of benzene rings is 1. The Balaban J connectivity index is 3.60. The van der Waals surface area contributed by atoms with Crippen molar-refractivity contribution in [3.63, 3.8) is 0 Å². The van der Waals surface area contributed by atoms with E-state index < -0.39 is 50.4 Å². The van der Waals surface area contributed by atoms with Crippen LogP contribution < -0.4 is 0 Å². The van der Waals surface area contributed by atoms with Crippen LogP contribution in [0.25, 0.3) is 0 Å². The Morgan fingerprint density at radius 3 is 1.65 bits per heavy atom. The molecule has 1 aromatic rings. The monoisotopic (exact) mass is 394 g/mol. The third-order valence-corrected chi connectivity index (χ3v) is 4.73. The summed E-state index contributed by atoms with van der Waals surface area (Å²) < 4.78 is 22.4. The zero-order chi connectivity index (χ0) is 15.4. The summed E-state index contributed by atoms with van der Waals surface area (Å²) in [5.41, 5.74) is 0.00673. The zero-order valence-electron chi connectivity index (χ0n) is 10.4. The third-order valence-electron chi connectivity index (χ3n) is 2.47. The smallest absolute Gasteiger partial charge is 0.341 e. The average Bonchev–Trinajstić information content (AvgIpc) is 2.25. The topological polar surface area (TPSA) is 126 Å². The number of carboxylic acids is 2. The number of rotatable bonds is 6. The molecule has 2 N–H and O–H groups in total. The predicted molar refractivity (Wildman–Crippen MR) is 73.2 cm³/mol. The molecule has 1 aromatic carbocycles. The van der Waals surface area contributed by atoms with Crippen LogP contribution in [0.15, 0.2) is 12.1 Å². The van der Waals surface area contributed by atoms with Gasteiger partial charge in [0, 0.05) is 5.56 Å². The number of hydrogen-bond donors (Lipinski definition) is 2. The molecule has 0 bridgehead atoms. The van der Waals surface area contributed by atoms with Gasteiger partial charge in [-0.25, -0.2) is 6.14 Å². The SMILES string of the molecule is CC(=O)c1cc(CC(=O)O)c(I(=O)=O)c(CC(=O)O)c1. The number of halogens is 1. The lowest BCUT2D eigenvalue weighted by atomic mass is 10.00. The highest BCUT2D eigenvalue weighted by atomic mass is 127. The molecular formula is C12H11IO7. The van der Waals surface area contributed by atoms with E-state index in [1.54, 1.807) is 0 Å². The highest BCUT2D eigenvalue weighted by Crippen LogP contribution is 2.28. The number of Topliss-reactive ketones (excluding diaryl/α,β-unsaturated/α-hetero) is 1. The maximum atomic E-state index is 11.4. The van der Waals surface area contributed by atoms with Crippen molar-refractivity contribution in [1.29, 1.82) is 0 Å². The molecule has 8 heteroatoms. The Bertz CT molecular complexity index is 613. The van der Waals surface area contributed by atoms with Gasteiger partial charge in [0.15, 0.2) is 5.78 Å². The van der Waals surface area contributed by atoms with Gasteiger partial charge in [-0.1, -0.05) is 0 Å². The van der Waals surface area contributed by atoms with E-state index in [1.807, 2.05) is 0 Å². The van der Waals surface area contributed by atoms with Crippen molar-refractivity contribution in [1.82, 2.24) is 0 Å². The van der Waals surface area contributed by atoms with Crippen LogP contribution in [-0.2, 0) is 28.6 Å². The van der Waals surface area contributed by atoms with E-state index in [4.69, 9.17) is 10.2 Å². The molecule has 0 heterocycles. The first kappa shape index (κ1) is 16.2. The summed E-state index contributed by atoms with van der Waals surface area (Å²) in [5, 5.41) is 17.6. The summed E-state index contributed by atoms with van der Waals surface area (Å²) in [4.78, 5) is 32.9. The van der Waals surface area contributed by atoms with E-state index in [0.29, 0.717) is 0 Å². The molecule has 0 atom stereocenters. The summed E-state index contributed by atoms with van der Waals surface area (Å²) in [5.74, 6) is -2.91. The second-order valence-electron chi connectivity index (χ2n) is 4.02. The normalized spacial score (nSPS) is 10.5. The van der Waals surface area contributed by atoms with Crippen molar-refractivity contribution in [3.8, 4) is 0 Å². The first-order valence-corrected chi connectivity index (χ1v) is 8.22. The number of aliphatic carboxylic acids is 2. The van der Waals surface area contributed by atoms with Crippen LogP contribution in [0.1, 0.15) is 28.4 Å². The molecule has 20 heavy (non-hydrogen) atoms. The van der Waals surface area contributed by atoms with Crippen molar-refractivity contribution >= 4 is 37.5 Å². The van der Waals surface area contributed by atoms with Crippen molar-refractivity contribution in [2.24, 2.45) is 0 Å². The minimum atomic E-state index is -4.09. The molecule has 0 aromatic heterocycles. The zero-order valence-corrected chi connectivity index (χ0v) is 12.5. The Labute approximate surface area is 120 Å². The van der Waals surface area contributed by atoms with Gasteiger partial charge in [-0.05, 0) is 30.2 Å². The molecule has 1 rings (SSSR count). The largest absolute Gasteiger partial charge is 0.481 e. The van der Waals surface area contributed by atoms with E-state index in [2.05, 4.69) is 0 Å². The molecule has 0 saturated heterocycles. The molecule has 7 nitrogen and oxygen atoms in total. The van der Waals surface area contributed by atoms with Gasteiger partial charge >= 0.3 is 31.7 Å². The summed E-state index contributed by atoms with van der Waals surface area (Å²) in [7, 11) is 0. The van der Waals surface area contributed by atoms with Gasteiger partial charge < -0.3 is 10.2 Å². The van der Waals surface area contributed by atoms with Crippen LogP contribution in [0, 0.1) is 3.57 Å². The highest BCUT2D eigenvalue weighted by molar-refractivity contribution is 14.2. The Morgan fingerprint density at radius 2 is 1.40 bits per heavy atom. The fraction of sp³-hybridized carbons (Fsp3) is 0.250. The predicted octanol–water partition coefficient (Wildman–Crippen LogP) is 1.51. The van der Waals surface area contributed by atoms with Gasteiger partial charge in [-0.15, -0.1) is 0 Å². The van der Waals surface area contributed by atoms with Gasteiger partial charge in [0.2, 0.25) is 0 Å². The number of carbonyl (C=O) groups is 3. The lowest BCUT2D eigenvalue weighted by molar-refractivity contribution is -0.137. The second kappa shape index (κ2) is 6.55. The van der Waals surface area contributed by atoms with Crippen molar-refractivity contribution in [2.45, 2.75) is 19.8 Å². The van der Waals surface area contributed by atoms with Crippen LogP contribution in [0.2, 0.25) is 0 Å². The minimum absolute atomic E-state index is 0.0448. The fourth-order valence-corrected chi connectivity index (χ4v) is 3.56. The molecule has 0 aliphatic heterocycles. The third kappa shape index (κ3) is 4.08. The Hall–Kier alpha value is -1.84. The Morgan fingerprint density at radius 1 is 1.00 bits per heavy atom. The van der Waals surface area contributed by atoms with Crippen LogP contribution >= 0.6 is 19.8 Å². The summed E-state index contributed by atoms with van der Waals surface area (Å²) >= 11 is -4.09. The first-order valence-electron chi connectivity index (χ1n) is 5.38. The number of carboxylic acid groups (broad SMARTS) is 2. The van der Waals surface area contributed by atoms with E-state index >= 15 is 0 Å². The van der Waals surface area contributed by atoms with Crippen molar-refractivity contribution < 1.29 is 30.7 Å². The minimum Gasteiger partial charge on any atom is -0.481 e. The molecule has 0 fully saturated rings.